The summed E-state index contributed by atoms with van der Waals surface area (Å²) in [6, 6.07) is 5.29. The lowest BCUT2D eigenvalue weighted by Gasteiger charge is -2.20. The van der Waals surface area contributed by atoms with E-state index in [-0.39, 0.29) is 16.8 Å². The number of halogens is 1. The number of hydrogen-bond donors (Lipinski definition) is 1. The van der Waals surface area contributed by atoms with E-state index < -0.39 is 4.92 Å². The highest BCUT2D eigenvalue weighted by Crippen LogP contribution is 2.36. The van der Waals surface area contributed by atoms with Crippen molar-refractivity contribution in [1.82, 2.24) is 0 Å². The zero-order valence-corrected chi connectivity index (χ0v) is 11.6. The van der Waals surface area contributed by atoms with Crippen LogP contribution in [0.3, 0.4) is 0 Å². The Kier molecular flexibility index (Phi) is 4.35. The quantitative estimate of drug-likeness (QED) is 0.673. The van der Waals surface area contributed by atoms with Gasteiger partial charge in [0.15, 0.2) is 0 Å². The number of para-hydroxylation sites is 1. The highest BCUT2D eigenvalue weighted by atomic mass is 35.5. The van der Waals surface area contributed by atoms with Crippen molar-refractivity contribution in [3.8, 4) is 0 Å². The largest absolute Gasteiger partial charge is 0.376 e. The van der Waals surface area contributed by atoms with Crippen LogP contribution in [0.5, 0.6) is 0 Å². The number of nitro groups is 1. The van der Waals surface area contributed by atoms with Crippen molar-refractivity contribution in [1.29, 1.82) is 0 Å². The molecule has 98 valence electrons. The molecule has 0 bridgehead atoms. The molecule has 18 heavy (non-hydrogen) atoms. The Morgan fingerprint density at radius 2 is 2.28 bits per heavy atom. The SMILES string of the molecule is CSC1CCCC1Nc1cccc(Cl)c1[N+](=O)[O-]. The van der Waals surface area contributed by atoms with Crippen LogP contribution in [-0.4, -0.2) is 22.5 Å². The Balaban J connectivity index is 2.23. The van der Waals surface area contributed by atoms with Gasteiger partial charge in [-0.15, -0.1) is 0 Å². The number of thioether (sulfide) groups is 1. The predicted molar refractivity (Wildman–Crippen MR) is 76.7 cm³/mol. The lowest BCUT2D eigenvalue weighted by molar-refractivity contribution is -0.383. The van der Waals surface area contributed by atoms with Crippen molar-refractivity contribution < 1.29 is 4.92 Å². The van der Waals surface area contributed by atoms with E-state index in [4.69, 9.17) is 11.6 Å². The molecule has 1 N–H and O–H groups in total. The minimum absolute atomic E-state index is 0.0223. The maximum absolute atomic E-state index is 11.0. The first-order valence-electron chi connectivity index (χ1n) is 5.85. The molecule has 1 fully saturated rings. The molecule has 0 saturated heterocycles. The predicted octanol–water partition coefficient (Wildman–Crippen LogP) is 3.94. The molecule has 1 aromatic carbocycles. The monoisotopic (exact) mass is 286 g/mol. The third-order valence-electron chi connectivity index (χ3n) is 3.27. The van der Waals surface area contributed by atoms with Gasteiger partial charge in [-0.05, 0) is 31.2 Å². The second-order valence-electron chi connectivity index (χ2n) is 4.35. The van der Waals surface area contributed by atoms with Gasteiger partial charge in [-0.1, -0.05) is 24.1 Å². The van der Waals surface area contributed by atoms with Gasteiger partial charge < -0.3 is 5.32 Å². The first kappa shape index (κ1) is 13.5. The van der Waals surface area contributed by atoms with E-state index in [1.54, 1.807) is 18.2 Å². The van der Waals surface area contributed by atoms with Gasteiger partial charge in [-0.25, -0.2) is 0 Å². The molecule has 1 saturated carbocycles. The summed E-state index contributed by atoms with van der Waals surface area (Å²) >= 11 is 7.71. The number of nitro benzene ring substituents is 1. The fraction of sp³-hybridized carbons (Fsp3) is 0.500. The number of benzene rings is 1. The van der Waals surface area contributed by atoms with Gasteiger partial charge in [0.25, 0.3) is 0 Å². The maximum Gasteiger partial charge on any atom is 0.310 e. The molecule has 0 radical (unpaired) electrons. The van der Waals surface area contributed by atoms with Crippen molar-refractivity contribution in [2.75, 3.05) is 11.6 Å². The molecule has 0 heterocycles. The average molecular weight is 287 g/mol. The van der Waals surface area contributed by atoms with Gasteiger partial charge in [-0.3, -0.25) is 10.1 Å². The minimum Gasteiger partial charge on any atom is -0.376 e. The standard InChI is InChI=1S/C12H15ClN2O2S/c1-18-11-7-3-5-9(11)14-10-6-2-4-8(13)12(10)15(16)17/h2,4,6,9,11,14H,3,5,7H2,1H3. The molecule has 1 aliphatic rings. The Morgan fingerprint density at radius 3 is 2.94 bits per heavy atom. The van der Waals surface area contributed by atoms with E-state index in [2.05, 4.69) is 11.6 Å². The summed E-state index contributed by atoms with van der Waals surface area (Å²) in [5.41, 5.74) is 0.504. The molecule has 4 nitrogen and oxygen atoms in total. The summed E-state index contributed by atoms with van der Waals surface area (Å²) in [5.74, 6) is 0. The zero-order valence-electron chi connectivity index (χ0n) is 10.1. The van der Waals surface area contributed by atoms with Crippen molar-refractivity contribution in [3.63, 3.8) is 0 Å². The van der Waals surface area contributed by atoms with Crippen LogP contribution in [0.1, 0.15) is 19.3 Å². The second-order valence-corrected chi connectivity index (χ2v) is 5.83. The van der Waals surface area contributed by atoms with Crippen LogP contribution in [0, 0.1) is 10.1 Å². The van der Waals surface area contributed by atoms with Crippen LogP contribution in [0.2, 0.25) is 5.02 Å². The number of nitrogens with zero attached hydrogens (tertiary/aromatic N) is 1. The Hall–Kier alpha value is -0.940. The van der Waals surface area contributed by atoms with Crippen LogP contribution in [0.15, 0.2) is 18.2 Å². The molecule has 2 unspecified atom stereocenters. The van der Waals surface area contributed by atoms with E-state index in [1.165, 1.54) is 0 Å². The van der Waals surface area contributed by atoms with Crippen molar-refractivity contribution in [3.05, 3.63) is 33.3 Å². The van der Waals surface area contributed by atoms with Gasteiger partial charge in [0.1, 0.15) is 10.7 Å². The van der Waals surface area contributed by atoms with Crippen molar-refractivity contribution in [2.24, 2.45) is 0 Å². The van der Waals surface area contributed by atoms with Gasteiger partial charge in [0.2, 0.25) is 0 Å². The van der Waals surface area contributed by atoms with Crippen LogP contribution < -0.4 is 5.32 Å². The van der Waals surface area contributed by atoms with Crippen LogP contribution in [-0.2, 0) is 0 Å². The number of anilines is 1. The molecule has 2 rings (SSSR count). The molecule has 0 aromatic heterocycles. The Labute approximate surface area is 115 Å². The summed E-state index contributed by atoms with van der Waals surface area (Å²) in [5, 5.41) is 15.0. The molecule has 6 heteroatoms. The molecule has 1 aliphatic carbocycles. The summed E-state index contributed by atoms with van der Waals surface area (Å²) in [7, 11) is 0. The molecule has 1 aromatic rings. The third-order valence-corrected chi connectivity index (χ3v) is 4.74. The van der Waals surface area contributed by atoms with Crippen LogP contribution in [0.4, 0.5) is 11.4 Å². The van der Waals surface area contributed by atoms with E-state index in [1.807, 2.05) is 11.8 Å². The van der Waals surface area contributed by atoms with Crippen molar-refractivity contribution in [2.45, 2.75) is 30.6 Å². The maximum atomic E-state index is 11.0. The first-order valence-corrected chi connectivity index (χ1v) is 7.52. The number of hydrogen-bond acceptors (Lipinski definition) is 4. The molecular weight excluding hydrogens is 272 g/mol. The van der Waals surface area contributed by atoms with Crippen LogP contribution >= 0.6 is 23.4 Å². The van der Waals surface area contributed by atoms with E-state index in [9.17, 15) is 10.1 Å². The molecule has 0 spiro atoms. The minimum atomic E-state index is -0.423. The van der Waals surface area contributed by atoms with E-state index in [0.717, 1.165) is 19.3 Å². The van der Waals surface area contributed by atoms with Crippen molar-refractivity contribution >= 4 is 34.7 Å². The smallest absolute Gasteiger partial charge is 0.310 e. The van der Waals surface area contributed by atoms with E-state index >= 15 is 0 Å². The highest BCUT2D eigenvalue weighted by molar-refractivity contribution is 7.99. The van der Waals surface area contributed by atoms with Gasteiger partial charge in [-0.2, -0.15) is 11.8 Å². The van der Waals surface area contributed by atoms with E-state index in [0.29, 0.717) is 10.9 Å². The number of rotatable bonds is 4. The van der Waals surface area contributed by atoms with Crippen LogP contribution in [0.25, 0.3) is 0 Å². The Bertz CT molecular complexity index is 456. The topological polar surface area (TPSA) is 55.2 Å². The van der Waals surface area contributed by atoms with Gasteiger partial charge >= 0.3 is 5.69 Å². The average Bonchev–Trinajstić information content (AvgIpc) is 2.76. The lowest BCUT2D eigenvalue weighted by Crippen LogP contribution is -2.26. The first-order chi connectivity index (χ1) is 8.63. The summed E-state index contributed by atoms with van der Waals surface area (Å²) < 4.78 is 0. The lowest BCUT2D eigenvalue weighted by atomic mass is 10.2. The second kappa shape index (κ2) is 5.80. The summed E-state index contributed by atoms with van der Waals surface area (Å²) in [6.07, 6.45) is 5.46. The third kappa shape index (κ3) is 2.72. The van der Waals surface area contributed by atoms with Gasteiger partial charge in [0, 0.05) is 11.3 Å². The highest BCUT2D eigenvalue weighted by Gasteiger charge is 2.29. The number of nitrogens with one attached hydrogen (secondary N) is 1. The summed E-state index contributed by atoms with van der Waals surface area (Å²) in [4.78, 5) is 10.6. The van der Waals surface area contributed by atoms with Gasteiger partial charge in [0.05, 0.1) is 4.92 Å². The molecule has 2 atom stereocenters. The summed E-state index contributed by atoms with van der Waals surface area (Å²) in [6.45, 7) is 0. The fourth-order valence-corrected chi connectivity index (χ4v) is 3.57. The molecule has 0 aliphatic heterocycles. The fourth-order valence-electron chi connectivity index (χ4n) is 2.39. The molecular formula is C12H15ClN2O2S. The Morgan fingerprint density at radius 1 is 1.50 bits per heavy atom. The molecule has 0 amide bonds. The normalized spacial score (nSPS) is 23.0. The zero-order chi connectivity index (χ0) is 13.1.